The highest BCUT2D eigenvalue weighted by atomic mass is 16.5. The molecule has 1 aromatic rings. The molecule has 0 aromatic heterocycles. The fraction of sp³-hybridized carbons (Fsp3) is 0.552. The molecule has 0 saturated heterocycles. The van der Waals surface area contributed by atoms with E-state index in [-0.39, 0.29) is 40.6 Å². The van der Waals surface area contributed by atoms with Crippen LogP contribution in [0.2, 0.25) is 0 Å². The Morgan fingerprint density at radius 2 is 1.74 bits per heavy atom. The van der Waals surface area contributed by atoms with E-state index in [9.17, 15) is 14.4 Å². The van der Waals surface area contributed by atoms with Crippen LogP contribution in [0.4, 0.5) is 0 Å². The number of fused-ring (bicyclic) bond motifs is 5. The molecular weight excluding hydrogens is 428 g/mol. The molecule has 0 heterocycles. The van der Waals surface area contributed by atoms with Crippen LogP contribution >= 0.6 is 0 Å². The third-order valence-electron chi connectivity index (χ3n) is 9.35. The second-order valence-electron chi connectivity index (χ2n) is 11.1. The molecule has 180 valence electrons. The normalized spacial score (nSPS) is 37.8. The van der Waals surface area contributed by atoms with Crippen molar-refractivity contribution in [2.45, 2.75) is 71.8 Å². The standard InChI is InChI=1S/C29H34O5/c1-18(30)33-17-20-15-25-23-10-9-21-16-22(34-27(32)19-7-5-4-6-8-19)11-13-28(21,2)24(23)12-14-29(25,3)26(20)31/h4-9,17,22-25H,10-16H2,1-3H3/b20-17-/t22-,23+,24-,25-,28-,29-/m0/s1. The summed E-state index contributed by atoms with van der Waals surface area (Å²) in [6, 6.07) is 9.21. The van der Waals surface area contributed by atoms with Crippen LogP contribution in [0.5, 0.6) is 0 Å². The van der Waals surface area contributed by atoms with Gasteiger partial charge < -0.3 is 9.47 Å². The van der Waals surface area contributed by atoms with Gasteiger partial charge in [0.25, 0.3) is 0 Å². The summed E-state index contributed by atoms with van der Waals surface area (Å²) >= 11 is 0. The Morgan fingerprint density at radius 1 is 1.00 bits per heavy atom. The predicted molar refractivity (Wildman–Crippen MR) is 128 cm³/mol. The molecule has 3 saturated carbocycles. The monoisotopic (exact) mass is 462 g/mol. The van der Waals surface area contributed by atoms with Gasteiger partial charge in [-0.3, -0.25) is 9.59 Å². The van der Waals surface area contributed by atoms with Crippen molar-refractivity contribution in [2.24, 2.45) is 28.6 Å². The SMILES string of the molecule is CC(=O)O/C=C1/C[C@H]2[C@@H]3CC=C4C[C@@H](OC(=O)c5ccccc5)CC[C@]4(C)[C@H]3CC[C@]2(C)C1=O. The summed E-state index contributed by atoms with van der Waals surface area (Å²) in [7, 11) is 0. The molecule has 0 unspecified atom stereocenters. The number of Topliss-reactive ketones (excluding diaryl/α,β-unsaturated/α-hetero) is 1. The van der Waals surface area contributed by atoms with Crippen molar-refractivity contribution in [1.29, 1.82) is 0 Å². The van der Waals surface area contributed by atoms with Crippen LogP contribution in [-0.2, 0) is 19.1 Å². The number of allylic oxidation sites excluding steroid dienone is 2. The number of rotatable bonds is 3. The average molecular weight is 463 g/mol. The zero-order chi connectivity index (χ0) is 24.1. The summed E-state index contributed by atoms with van der Waals surface area (Å²) in [5, 5.41) is 0. The van der Waals surface area contributed by atoms with Crippen molar-refractivity contribution >= 4 is 17.7 Å². The quantitative estimate of drug-likeness (QED) is 0.246. The lowest BCUT2D eigenvalue weighted by molar-refractivity contribution is -0.135. The summed E-state index contributed by atoms with van der Waals surface area (Å²) in [6.07, 6.45) is 9.95. The van der Waals surface area contributed by atoms with E-state index >= 15 is 0 Å². The fourth-order valence-electron chi connectivity index (χ4n) is 7.45. The maximum absolute atomic E-state index is 13.3. The van der Waals surface area contributed by atoms with Crippen molar-refractivity contribution in [2.75, 3.05) is 0 Å². The summed E-state index contributed by atoms with van der Waals surface area (Å²) in [5.74, 6) is 0.784. The average Bonchev–Trinajstić information content (AvgIpc) is 3.08. The van der Waals surface area contributed by atoms with Crippen molar-refractivity contribution in [3.63, 3.8) is 0 Å². The Balaban J connectivity index is 1.33. The van der Waals surface area contributed by atoms with E-state index in [1.807, 2.05) is 18.2 Å². The number of ether oxygens (including phenoxy) is 2. The Labute approximate surface area is 201 Å². The molecule has 5 nitrogen and oxygen atoms in total. The first-order chi connectivity index (χ1) is 16.2. The van der Waals surface area contributed by atoms with Gasteiger partial charge in [0.15, 0.2) is 5.78 Å². The van der Waals surface area contributed by atoms with Gasteiger partial charge in [-0.2, -0.15) is 0 Å². The van der Waals surface area contributed by atoms with Gasteiger partial charge in [-0.25, -0.2) is 4.79 Å². The lowest BCUT2D eigenvalue weighted by Crippen LogP contribution is -2.50. The fourth-order valence-corrected chi connectivity index (χ4v) is 7.45. The maximum Gasteiger partial charge on any atom is 0.338 e. The second kappa shape index (κ2) is 8.51. The van der Waals surface area contributed by atoms with Crippen LogP contribution in [0.15, 0.2) is 53.8 Å². The third kappa shape index (κ3) is 3.73. The maximum atomic E-state index is 13.3. The van der Waals surface area contributed by atoms with Gasteiger partial charge in [-0.05, 0) is 73.8 Å². The lowest BCUT2D eigenvalue weighted by atomic mass is 9.48. The summed E-state index contributed by atoms with van der Waals surface area (Å²) < 4.78 is 11.0. The van der Waals surface area contributed by atoms with Crippen LogP contribution in [0, 0.1) is 28.6 Å². The minimum absolute atomic E-state index is 0.0799. The smallest absolute Gasteiger partial charge is 0.338 e. The van der Waals surface area contributed by atoms with Gasteiger partial charge in [0.1, 0.15) is 12.4 Å². The number of carbonyl (C=O) groups excluding carboxylic acids is 3. The number of benzene rings is 1. The zero-order valence-electron chi connectivity index (χ0n) is 20.3. The Kier molecular flexibility index (Phi) is 5.78. The van der Waals surface area contributed by atoms with Crippen LogP contribution in [0.3, 0.4) is 0 Å². The first-order valence-corrected chi connectivity index (χ1v) is 12.6. The first kappa shape index (κ1) is 23.1. The van der Waals surface area contributed by atoms with Gasteiger partial charge in [-0.15, -0.1) is 0 Å². The topological polar surface area (TPSA) is 69.7 Å². The van der Waals surface area contributed by atoms with E-state index in [1.165, 1.54) is 18.8 Å². The van der Waals surface area contributed by atoms with Crippen molar-refractivity contribution in [3.05, 3.63) is 59.4 Å². The Hall–Kier alpha value is -2.69. The van der Waals surface area contributed by atoms with Gasteiger partial charge in [-0.1, -0.05) is 43.7 Å². The molecule has 4 aliphatic rings. The second-order valence-corrected chi connectivity index (χ2v) is 11.1. The number of hydrogen-bond acceptors (Lipinski definition) is 5. The molecule has 0 aliphatic heterocycles. The molecule has 0 N–H and O–H groups in total. The Bertz CT molecular complexity index is 1070. The molecule has 34 heavy (non-hydrogen) atoms. The number of esters is 2. The van der Waals surface area contributed by atoms with Crippen LogP contribution in [0.25, 0.3) is 0 Å². The lowest BCUT2D eigenvalue weighted by Gasteiger charge is -2.56. The highest BCUT2D eigenvalue weighted by Gasteiger charge is 2.60. The molecule has 3 fully saturated rings. The Morgan fingerprint density at radius 3 is 2.47 bits per heavy atom. The van der Waals surface area contributed by atoms with Gasteiger partial charge in [0.2, 0.25) is 0 Å². The van der Waals surface area contributed by atoms with E-state index in [0.29, 0.717) is 29.4 Å². The third-order valence-corrected chi connectivity index (χ3v) is 9.35. The zero-order valence-corrected chi connectivity index (χ0v) is 20.3. The molecule has 4 aliphatic carbocycles. The molecule has 5 rings (SSSR count). The molecule has 1 aromatic carbocycles. The molecule has 0 bridgehead atoms. The highest BCUT2D eigenvalue weighted by molar-refractivity contribution is 6.02. The minimum Gasteiger partial charge on any atom is -0.458 e. The minimum atomic E-state index is -0.388. The summed E-state index contributed by atoms with van der Waals surface area (Å²) in [5.41, 5.74) is 2.42. The number of hydrogen-bond donors (Lipinski definition) is 0. The van der Waals surface area contributed by atoms with E-state index in [1.54, 1.807) is 12.1 Å². The van der Waals surface area contributed by atoms with Crippen LogP contribution < -0.4 is 0 Å². The first-order valence-electron chi connectivity index (χ1n) is 12.6. The molecule has 6 atom stereocenters. The molecular formula is C29H34O5. The van der Waals surface area contributed by atoms with Gasteiger partial charge in [0.05, 0.1) is 5.56 Å². The predicted octanol–water partition coefficient (Wildman–Crippen LogP) is 5.80. The van der Waals surface area contributed by atoms with E-state index < -0.39 is 0 Å². The number of carbonyl (C=O) groups is 3. The van der Waals surface area contributed by atoms with Crippen molar-refractivity contribution in [1.82, 2.24) is 0 Å². The van der Waals surface area contributed by atoms with Gasteiger partial charge in [0, 0.05) is 24.3 Å². The largest absolute Gasteiger partial charge is 0.458 e. The van der Waals surface area contributed by atoms with E-state index in [0.717, 1.165) is 38.5 Å². The molecule has 0 amide bonds. The summed E-state index contributed by atoms with van der Waals surface area (Å²) in [4.78, 5) is 37.1. The van der Waals surface area contributed by atoms with Crippen LogP contribution in [0.1, 0.15) is 76.1 Å². The highest BCUT2D eigenvalue weighted by Crippen LogP contribution is 2.64. The number of ketones is 1. The van der Waals surface area contributed by atoms with Crippen LogP contribution in [-0.4, -0.2) is 23.8 Å². The van der Waals surface area contributed by atoms with Crippen molar-refractivity contribution in [3.8, 4) is 0 Å². The van der Waals surface area contributed by atoms with E-state index in [4.69, 9.17) is 9.47 Å². The molecule has 0 spiro atoms. The molecule has 5 heteroatoms. The summed E-state index contributed by atoms with van der Waals surface area (Å²) in [6.45, 7) is 5.87. The molecule has 0 radical (unpaired) electrons. The van der Waals surface area contributed by atoms with Crippen molar-refractivity contribution < 1.29 is 23.9 Å². The van der Waals surface area contributed by atoms with Gasteiger partial charge >= 0.3 is 11.9 Å². The van der Waals surface area contributed by atoms with E-state index in [2.05, 4.69) is 19.9 Å².